The molecule has 3 heterocycles. The van der Waals surface area contributed by atoms with Gasteiger partial charge < -0.3 is 24.9 Å². The van der Waals surface area contributed by atoms with Crippen LogP contribution in [0.3, 0.4) is 0 Å². The van der Waals surface area contributed by atoms with Gasteiger partial charge in [-0.2, -0.15) is 0 Å². The SMILES string of the molecule is Cn1cnc([N+](=O)[O-])c1OC1COC2(CCNCC2)C1. The Hall–Kier alpha value is -1.67. The first-order valence-electron chi connectivity index (χ1n) is 6.77. The summed E-state index contributed by atoms with van der Waals surface area (Å²) < 4.78 is 13.2. The Bertz CT molecular complexity index is 510. The summed E-state index contributed by atoms with van der Waals surface area (Å²) in [5, 5.41) is 14.2. The molecule has 0 aliphatic carbocycles. The molecule has 1 aromatic rings. The number of nitrogens with one attached hydrogen (secondary N) is 1. The maximum absolute atomic E-state index is 10.9. The highest BCUT2D eigenvalue weighted by molar-refractivity contribution is 5.33. The second-order valence-electron chi connectivity index (χ2n) is 5.43. The number of piperidine rings is 1. The van der Waals surface area contributed by atoms with Crippen molar-refractivity contribution in [2.24, 2.45) is 7.05 Å². The van der Waals surface area contributed by atoms with Crippen molar-refractivity contribution in [2.75, 3.05) is 19.7 Å². The van der Waals surface area contributed by atoms with Crippen LogP contribution in [0, 0.1) is 10.1 Å². The first-order chi connectivity index (χ1) is 9.60. The molecule has 1 N–H and O–H groups in total. The van der Waals surface area contributed by atoms with E-state index in [1.807, 2.05) is 0 Å². The number of hydrogen-bond acceptors (Lipinski definition) is 6. The minimum absolute atomic E-state index is 0.122. The molecular formula is C12H18N4O4. The highest BCUT2D eigenvalue weighted by Crippen LogP contribution is 2.36. The van der Waals surface area contributed by atoms with Crippen LogP contribution in [0.1, 0.15) is 19.3 Å². The van der Waals surface area contributed by atoms with Crippen LogP contribution in [0.5, 0.6) is 5.88 Å². The molecule has 0 bridgehead atoms. The molecule has 2 aliphatic rings. The van der Waals surface area contributed by atoms with E-state index >= 15 is 0 Å². The highest BCUT2D eigenvalue weighted by Gasteiger charge is 2.43. The van der Waals surface area contributed by atoms with Gasteiger partial charge in [-0.1, -0.05) is 0 Å². The average Bonchev–Trinajstić information content (AvgIpc) is 2.97. The molecule has 110 valence electrons. The Morgan fingerprint density at radius 2 is 2.35 bits per heavy atom. The first-order valence-corrected chi connectivity index (χ1v) is 6.77. The lowest BCUT2D eigenvalue weighted by Crippen LogP contribution is -2.41. The fraction of sp³-hybridized carbons (Fsp3) is 0.750. The number of nitrogens with zero attached hydrogens (tertiary/aromatic N) is 3. The molecule has 0 saturated carbocycles. The normalized spacial score (nSPS) is 24.9. The zero-order chi connectivity index (χ0) is 14.2. The van der Waals surface area contributed by atoms with Crippen LogP contribution in [0.25, 0.3) is 0 Å². The lowest BCUT2D eigenvalue weighted by molar-refractivity contribution is -0.390. The second-order valence-corrected chi connectivity index (χ2v) is 5.43. The Labute approximate surface area is 116 Å². The maximum atomic E-state index is 10.9. The standard InChI is InChI=1S/C12H18N4O4/c1-15-8-14-10(16(17)18)11(15)20-9-6-12(19-7-9)2-4-13-5-3-12/h8-9,13H,2-7H2,1H3. The van der Waals surface area contributed by atoms with E-state index in [1.54, 1.807) is 7.05 Å². The van der Waals surface area contributed by atoms with Gasteiger partial charge in [0.15, 0.2) is 0 Å². The van der Waals surface area contributed by atoms with E-state index < -0.39 is 4.92 Å². The first kappa shape index (κ1) is 13.3. The number of rotatable bonds is 3. The summed E-state index contributed by atoms with van der Waals surface area (Å²) in [6.07, 6.45) is 3.93. The van der Waals surface area contributed by atoms with Gasteiger partial charge in [0.2, 0.25) is 6.33 Å². The van der Waals surface area contributed by atoms with Crippen LogP contribution >= 0.6 is 0 Å². The molecule has 2 saturated heterocycles. The van der Waals surface area contributed by atoms with E-state index in [9.17, 15) is 10.1 Å². The number of imidazole rings is 1. The second kappa shape index (κ2) is 5.02. The smallest absolute Gasteiger partial charge is 0.426 e. The van der Waals surface area contributed by atoms with Crippen LogP contribution in [-0.4, -0.2) is 45.9 Å². The monoisotopic (exact) mass is 282 g/mol. The van der Waals surface area contributed by atoms with E-state index in [0.29, 0.717) is 6.61 Å². The van der Waals surface area contributed by atoms with Crippen LogP contribution in [0.4, 0.5) is 5.82 Å². The lowest BCUT2D eigenvalue weighted by Gasteiger charge is -2.32. The van der Waals surface area contributed by atoms with Crippen molar-refractivity contribution >= 4 is 5.82 Å². The molecule has 0 radical (unpaired) electrons. The summed E-state index contributed by atoms with van der Waals surface area (Å²) in [5.41, 5.74) is -0.122. The number of aryl methyl sites for hydroxylation is 1. The maximum Gasteiger partial charge on any atom is 0.426 e. The van der Waals surface area contributed by atoms with Crippen molar-refractivity contribution in [3.8, 4) is 5.88 Å². The number of hydrogen-bond donors (Lipinski definition) is 1. The van der Waals surface area contributed by atoms with Gasteiger partial charge in [0.05, 0.1) is 12.2 Å². The summed E-state index contributed by atoms with van der Waals surface area (Å²) in [6, 6.07) is 0. The third-order valence-corrected chi connectivity index (χ3v) is 4.01. The van der Waals surface area contributed by atoms with E-state index in [1.165, 1.54) is 10.9 Å². The van der Waals surface area contributed by atoms with Crippen LogP contribution in [0.2, 0.25) is 0 Å². The van der Waals surface area contributed by atoms with Crippen LogP contribution in [0.15, 0.2) is 6.33 Å². The van der Waals surface area contributed by atoms with Gasteiger partial charge in [-0.25, -0.2) is 0 Å². The molecule has 0 aromatic carbocycles. The van der Waals surface area contributed by atoms with Crippen LogP contribution < -0.4 is 10.1 Å². The molecule has 1 aromatic heterocycles. The average molecular weight is 282 g/mol. The lowest BCUT2D eigenvalue weighted by atomic mass is 9.89. The van der Waals surface area contributed by atoms with Gasteiger partial charge in [-0.15, -0.1) is 0 Å². The Kier molecular flexibility index (Phi) is 3.35. The minimum atomic E-state index is -0.522. The topological polar surface area (TPSA) is 91.5 Å². The molecule has 0 amide bonds. The molecular weight excluding hydrogens is 264 g/mol. The van der Waals surface area contributed by atoms with Gasteiger partial charge in [-0.3, -0.25) is 4.57 Å². The van der Waals surface area contributed by atoms with E-state index in [0.717, 1.165) is 32.4 Å². The zero-order valence-electron chi connectivity index (χ0n) is 11.4. The molecule has 2 fully saturated rings. The fourth-order valence-electron chi connectivity index (χ4n) is 2.93. The van der Waals surface area contributed by atoms with Crippen LogP contribution in [-0.2, 0) is 11.8 Å². The predicted molar refractivity (Wildman–Crippen MR) is 69.7 cm³/mol. The Morgan fingerprint density at radius 1 is 1.60 bits per heavy atom. The molecule has 3 rings (SSSR count). The van der Waals surface area contributed by atoms with E-state index in [4.69, 9.17) is 9.47 Å². The summed E-state index contributed by atoms with van der Waals surface area (Å²) in [5.74, 6) is -0.0339. The van der Waals surface area contributed by atoms with Gasteiger partial charge >= 0.3 is 5.82 Å². The predicted octanol–water partition coefficient (Wildman–Crippen LogP) is 0.618. The molecule has 8 heteroatoms. The van der Waals surface area contributed by atoms with Crippen molar-refractivity contribution < 1.29 is 14.4 Å². The fourth-order valence-corrected chi connectivity index (χ4v) is 2.93. The van der Waals surface area contributed by atoms with Gasteiger partial charge in [0.1, 0.15) is 6.10 Å². The quantitative estimate of drug-likeness (QED) is 0.645. The highest BCUT2D eigenvalue weighted by atomic mass is 16.6. The summed E-state index contributed by atoms with van der Waals surface area (Å²) >= 11 is 0. The van der Waals surface area contributed by atoms with Crippen molar-refractivity contribution in [3.05, 3.63) is 16.4 Å². The Morgan fingerprint density at radius 3 is 3.05 bits per heavy atom. The zero-order valence-corrected chi connectivity index (χ0v) is 11.4. The van der Waals surface area contributed by atoms with Gasteiger partial charge in [0.25, 0.3) is 5.88 Å². The number of ether oxygens (including phenoxy) is 2. The molecule has 1 atom stereocenters. The Balaban J connectivity index is 1.70. The van der Waals surface area contributed by atoms with Crippen molar-refractivity contribution in [2.45, 2.75) is 31.0 Å². The number of aromatic nitrogens is 2. The summed E-state index contributed by atoms with van der Waals surface area (Å²) in [7, 11) is 1.69. The molecule has 1 unspecified atom stereocenters. The van der Waals surface area contributed by atoms with Crippen molar-refractivity contribution in [1.82, 2.24) is 14.9 Å². The van der Waals surface area contributed by atoms with Gasteiger partial charge in [0, 0.05) is 13.5 Å². The molecule has 8 nitrogen and oxygen atoms in total. The molecule has 1 spiro atoms. The molecule has 2 aliphatic heterocycles. The minimum Gasteiger partial charge on any atom is -0.467 e. The third kappa shape index (κ3) is 2.36. The number of nitro groups is 1. The molecule has 20 heavy (non-hydrogen) atoms. The van der Waals surface area contributed by atoms with Crippen molar-refractivity contribution in [1.29, 1.82) is 0 Å². The van der Waals surface area contributed by atoms with E-state index in [-0.39, 0.29) is 23.4 Å². The summed E-state index contributed by atoms with van der Waals surface area (Å²) in [6.45, 7) is 2.36. The van der Waals surface area contributed by atoms with Crippen molar-refractivity contribution in [3.63, 3.8) is 0 Å². The van der Waals surface area contributed by atoms with Gasteiger partial charge in [-0.05, 0) is 35.8 Å². The largest absolute Gasteiger partial charge is 0.467 e. The van der Waals surface area contributed by atoms with E-state index in [2.05, 4.69) is 10.3 Å². The third-order valence-electron chi connectivity index (χ3n) is 4.01. The summed E-state index contributed by atoms with van der Waals surface area (Å²) in [4.78, 5) is 14.1.